The molecular weight excluding hydrogens is 280 g/mol. The first-order valence-electron chi connectivity index (χ1n) is 7.41. The van der Waals surface area contributed by atoms with E-state index in [1.54, 1.807) is 17.1 Å². The number of carbonyl (C=O) groups is 1. The normalized spacial score (nSPS) is 21.9. The van der Waals surface area contributed by atoms with Gasteiger partial charge in [0.05, 0.1) is 36.0 Å². The van der Waals surface area contributed by atoms with Gasteiger partial charge < -0.3 is 9.64 Å². The second-order valence-corrected chi connectivity index (χ2v) is 5.81. The zero-order chi connectivity index (χ0) is 15.7. The first-order chi connectivity index (χ1) is 10.6. The molecule has 2 atom stereocenters. The van der Waals surface area contributed by atoms with Crippen molar-refractivity contribution in [3.05, 3.63) is 30.2 Å². The molecule has 0 saturated carbocycles. The van der Waals surface area contributed by atoms with E-state index in [2.05, 4.69) is 15.0 Å². The van der Waals surface area contributed by atoms with Gasteiger partial charge in [0, 0.05) is 37.5 Å². The lowest BCUT2D eigenvalue weighted by Gasteiger charge is -2.37. The fourth-order valence-electron chi connectivity index (χ4n) is 2.91. The Labute approximate surface area is 129 Å². The number of aromatic nitrogens is 3. The maximum atomic E-state index is 11.5. The van der Waals surface area contributed by atoms with Crippen LogP contribution >= 0.6 is 0 Å². The van der Waals surface area contributed by atoms with E-state index in [9.17, 15) is 4.79 Å². The number of morpholine rings is 1. The number of hydrogen-bond acceptors (Lipinski definition) is 5. The molecule has 6 nitrogen and oxygen atoms in total. The van der Waals surface area contributed by atoms with Gasteiger partial charge in [0.1, 0.15) is 0 Å². The molecule has 6 heteroatoms. The van der Waals surface area contributed by atoms with Crippen LogP contribution in [0.5, 0.6) is 0 Å². The van der Waals surface area contributed by atoms with Crippen LogP contribution in [-0.2, 0) is 11.8 Å². The number of aldehydes is 1. The molecule has 3 rings (SSSR count). The predicted molar refractivity (Wildman–Crippen MR) is 84.0 cm³/mol. The van der Waals surface area contributed by atoms with E-state index < -0.39 is 0 Å². The Bertz CT molecular complexity index is 673. The number of aryl methyl sites for hydroxylation is 1. The van der Waals surface area contributed by atoms with E-state index in [-0.39, 0.29) is 12.2 Å². The van der Waals surface area contributed by atoms with E-state index in [0.717, 1.165) is 36.3 Å². The molecule has 3 heterocycles. The number of carbonyl (C=O) groups excluding carboxylic acids is 1. The number of rotatable bonds is 3. The second kappa shape index (κ2) is 5.88. The predicted octanol–water partition coefficient (Wildman–Crippen LogP) is 1.91. The third-order valence-electron chi connectivity index (χ3n) is 3.80. The molecule has 116 valence electrons. The van der Waals surface area contributed by atoms with E-state index in [0.29, 0.717) is 5.56 Å². The van der Waals surface area contributed by atoms with Gasteiger partial charge in [0.15, 0.2) is 6.29 Å². The Hall–Kier alpha value is -2.21. The van der Waals surface area contributed by atoms with Crippen molar-refractivity contribution in [2.75, 3.05) is 18.0 Å². The Morgan fingerprint density at radius 3 is 2.59 bits per heavy atom. The summed E-state index contributed by atoms with van der Waals surface area (Å²) in [5.74, 6) is 0. The average Bonchev–Trinajstić information content (AvgIpc) is 2.92. The first kappa shape index (κ1) is 14.7. The first-order valence-corrected chi connectivity index (χ1v) is 7.41. The van der Waals surface area contributed by atoms with Crippen LogP contribution < -0.4 is 4.90 Å². The molecule has 0 spiro atoms. The number of nitrogens with zero attached hydrogens (tertiary/aromatic N) is 4. The molecule has 2 aromatic rings. The van der Waals surface area contributed by atoms with Crippen molar-refractivity contribution in [3.63, 3.8) is 0 Å². The van der Waals surface area contributed by atoms with E-state index in [1.165, 1.54) is 0 Å². The van der Waals surface area contributed by atoms with Crippen LogP contribution in [0.3, 0.4) is 0 Å². The molecule has 0 radical (unpaired) electrons. The fourth-order valence-corrected chi connectivity index (χ4v) is 2.91. The maximum absolute atomic E-state index is 11.5. The zero-order valence-electron chi connectivity index (χ0n) is 13.1. The molecule has 0 amide bonds. The summed E-state index contributed by atoms with van der Waals surface area (Å²) in [6.07, 6.45) is 6.58. The van der Waals surface area contributed by atoms with E-state index in [1.807, 2.05) is 33.2 Å². The van der Waals surface area contributed by atoms with Crippen LogP contribution in [0.4, 0.5) is 5.69 Å². The maximum Gasteiger partial charge on any atom is 0.152 e. The zero-order valence-corrected chi connectivity index (χ0v) is 13.1. The highest BCUT2D eigenvalue weighted by Crippen LogP contribution is 2.26. The molecule has 2 aromatic heterocycles. The van der Waals surface area contributed by atoms with Crippen molar-refractivity contribution < 1.29 is 9.53 Å². The van der Waals surface area contributed by atoms with Gasteiger partial charge in [0.2, 0.25) is 0 Å². The average molecular weight is 300 g/mol. The van der Waals surface area contributed by atoms with Gasteiger partial charge in [0.25, 0.3) is 0 Å². The summed E-state index contributed by atoms with van der Waals surface area (Å²) in [7, 11) is 1.86. The summed E-state index contributed by atoms with van der Waals surface area (Å²) in [5, 5.41) is 4.14. The van der Waals surface area contributed by atoms with Crippen molar-refractivity contribution in [1.29, 1.82) is 0 Å². The van der Waals surface area contributed by atoms with Crippen molar-refractivity contribution in [3.8, 4) is 11.3 Å². The summed E-state index contributed by atoms with van der Waals surface area (Å²) in [6, 6.07) is 1.82. The van der Waals surface area contributed by atoms with Crippen LogP contribution in [0.2, 0.25) is 0 Å². The number of ether oxygens (including phenoxy) is 1. The van der Waals surface area contributed by atoms with Crippen LogP contribution in [0.25, 0.3) is 11.3 Å². The van der Waals surface area contributed by atoms with Crippen molar-refractivity contribution in [1.82, 2.24) is 14.8 Å². The van der Waals surface area contributed by atoms with E-state index in [4.69, 9.17) is 4.74 Å². The molecule has 0 unspecified atom stereocenters. The highest BCUT2D eigenvalue weighted by atomic mass is 16.5. The molecule has 22 heavy (non-hydrogen) atoms. The van der Waals surface area contributed by atoms with Gasteiger partial charge in [-0.1, -0.05) is 0 Å². The summed E-state index contributed by atoms with van der Waals surface area (Å²) in [6.45, 7) is 5.61. The Kier molecular flexibility index (Phi) is 3.94. The SMILES string of the molecule is C[C@@H]1CN(c2cnc(-c3cnn(C)c3)cc2C=O)C[C@H](C)O1. The van der Waals surface area contributed by atoms with Crippen molar-refractivity contribution in [2.24, 2.45) is 7.05 Å². The fraction of sp³-hybridized carbons (Fsp3) is 0.438. The molecule has 1 saturated heterocycles. The molecule has 1 aliphatic rings. The third-order valence-corrected chi connectivity index (χ3v) is 3.80. The minimum absolute atomic E-state index is 0.140. The number of hydrogen-bond donors (Lipinski definition) is 0. The quantitative estimate of drug-likeness (QED) is 0.810. The smallest absolute Gasteiger partial charge is 0.152 e. The molecular formula is C16H20N4O2. The van der Waals surface area contributed by atoms with Gasteiger partial charge in [-0.15, -0.1) is 0 Å². The third kappa shape index (κ3) is 2.87. The topological polar surface area (TPSA) is 60.2 Å². The van der Waals surface area contributed by atoms with Crippen molar-refractivity contribution in [2.45, 2.75) is 26.1 Å². The summed E-state index contributed by atoms with van der Waals surface area (Å²) >= 11 is 0. The molecule has 1 fully saturated rings. The van der Waals surface area contributed by atoms with Crippen LogP contribution in [-0.4, -0.2) is 46.3 Å². The molecule has 0 aromatic carbocycles. The minimum Gasteiger partial charge on any atom is -0.372 e. The van der Waals surface area contributed by atoms with Gasteiger partial charge >= 0.3 is 0 Å². The monoisotopic (exact) mass is 300 g/mol. The molecule has 0 bridgehead atoms. The highest BCUT2D eigenvalue weighted by molar-refractivity contribution is 5.86. The molecule has 0 aliphatic carbocycles. The molecule has 1 aliphatic heterocycles. The lowest BCUT2D eigenvalue weighted by molar-refractivity contribution is -0.00527. The lowest BCUT2D eigenvalue weighted by atomic mass is 10.1. The number of pyridine rings is 1. The van der Waals surface area contributed by atoms with E-state index >= 15 is 0 Å². The summed E-state index contributed by atoms with van der Waals surface area (Å²) in [5.41, 5.74) is 3.17. The Balaban J connectivity index is 1.94. The van der Waals surface area contributed by atoms with Gasteiger partial charge in [-0.3, -0.25) is 14.5 Å². The largest absolute Gasteiger partial charge is 0.372 e. The lowest BCUT2D eigenvalue weighted by Crippen LogP contribution is -2.45. The van der Waals surface area contributed by atoms with Crippen LogP contribution in [0.1, 0.15) is 24.2 Å². The second-order valence-electron chi connectivity index (χ2n) is 5.81. The van der Waals surface area contributed by atoms with Gasteiger partial charge in [-0.25, -0.2) is 0 Å². The Morgan fingerprint density at radius 1 is 1.27 bits per heavy atom. The molecule has 0 N–H and O–H groups in total. The summed E-state index contributed by atoms with van der Waals surface area (Å²) in [4.78, 5) is 18.2. The minimum atomic E-state index is 0.140. The summed E-state index contributed by atoms with van der Waals surface area (Å²) < 4.78 is 7.46. The highest BCUT2D eigenvalue weighted by Gasteiger charge is 2.24. The standard InChI is InChI=1S/C16H20N4O2/c1-11-7-20(8-12(2)22-11)16-6-17-15(4-13(16)10-21)14-5-18-19(3)9-14/h4-6,9-12H,7-8H2,1-3H3/t11-,12+. The van der Waals surface area contributed by atoms with Gasteiger partial charge in [-0.2, -0.15) is 5.10 Å². The van der Waals surface area contributed by atoms with Crippen LogP contribution in [0.15, 0.2) is 24.7 Å². The number of anilines is 1. The van der Waals surface area contributed by atoms with Gasteiger partial charge in [-0.05, 0) is 19.9 Å². The van der Waals surface area contributed by atoms with Crippen molar-refractivity contribution >= 4 is 12.0 Å². The van der Waals surface area contributed by atoms with Crippen LogP contribution in [0, 0.1) is 0 Å². The Morgan fingerprint density at radius 2 is 2.00 bits per heavy atom.